The summed E-state index contributed by atoms with van der Waals surface area (Å²) in [5.74, 6) is -0.00791. The van der Waals surface area contributed by atoms with Crippen LogP contribution in [-0.4, -0.2) is 46.9 Å². The van der Waals surface area contributed by atoms with Crippen molar-refractivity contribution in [3.63, 3.8) is 0 Å². The number of carbonyl (C=O) groups excluding carboxylic acids is 3. The molecular formula is C20H34N4O3. The maximum atomic E-state index is 13.0. The van der Waals surface area contributed by atoms with Gasteiger partial charge in [-0.25, -0.2) is 4.79 Å². The lowest BCUT2D eigenvalue weighted by molar-refractivity contribution is -0.136. The molecule has 1 spiro atoms. The molecule has 152 valence electrons. The topological polar surface area (TPSA) is 105 Å². The van der Waals surface area contributed by atoms with Crippen molar-refractivity contribution in [2.24, 2.45) is 17.1 Å². The molecule has 3 fully saturated rings. The number of hydrogen-bond acceptors (Lipinski definition) is 4. The lowest BCUT2D eigenvalue weighted by Crippen LogP contribution is -2.55. The zero-order valence-electron chi connectivity index (χ0n) is 16.9. The summed E-state index contributed by atoms with van der Waals surface area (Å²) in [4.78, 5) is 39.1. The van der Waals surface area contributed by atoms with Gasteiger partial charge in [0.05, 0.1) is 5.54 Å². The quantitative estimate of drug-likeness (QED) is 0.650. The molecule has 27 heavy (non-hydrogen) atoms. The average molecular weight is 379 g/mol. The van der Waals surface area contributed by atoms with Gasteiger partial charge in [-0.15, -0.1) is 0 Å². The van der Waals surface area contributed by atoms with Gasteiger partial charge < -0.3 is 16.4 Å². The maximum Gasteiger partial charge on any atom is 0.325 e. The first kappa shape index (κ1) is 20.1. The molecule has 1 saturated heterocycles. The van der Waals surface area contributed by atoms with Crippen molar-refractivity contribution in [3.05, 3.63) is 0 Å². The number of imide groups is 1. The number of nitrogens with two attached hydrogens (primary N) is 1. The van der Waals surface area contributed by atoms with Gasteiger partial charge in [-0.1, -0.05) is 33.6 Å². The van der Waals surface area contributed by atoms with Crippen LogP contribution in [0.3, 0.4) is 0 Å². The zero-order valence-corrected chi connectivity index (χ0v) is 16.9. The van der Waals surface area contributed by atoms with Gasteiger partial charge >= 0.3 is 6.03 Å². The van der Waals surface area contributed by atoms with E-state index in [0.717, 1.165) is 43.4 Å². The average Bonchev–Trinajstić information content (AvgIpc) is 3.14. The van der Waals surface area contributed by atoms with Crippen molar-refractivity contribution in [1.29, 1.82) is 0 Å². The summed E-state index contributed by atoms with van der Waals surface area (Å²) in [6.45, 7) is 6.82. The molecule has 7 nitrogen and oxygen atoms in total. The van der Waals surface area contributed by atoms with Crippen LogP contribution in [0.15, 0.2) is 0 Å². The van der Waals surface area contributed by atoms with Gasteiger partial charge in [0.2, 0.25) is 5.91 Å². The Morgan fingerprint density at radius 1 is 1.19 bits per heavy atom. The Kier molecular flexibility index (Phi) is 5.27. The molecule has 0 bridgehead atoms. The van der Waals surface area contributed by atoms with Gasteiger partial charge in [0.25, 0.3) is 5.91 Å². The van der Waals surface area contributed by atoms with Crippen LogP contribution < -0.4 is 16.4 Å². The highest BCUT2D eigenvalue weighted by molar-refractivity contribution is 6.09. The molecule has 2 saturated carbocycles. The molecule has 1 aliphatic heterocycles. The summed E-state index contributed by atoms with van der Waals surface area (Å²) >= 11 is 0. The Morgan fingerprint density at radius 2 is 1.78 bits per heavy atom. The van der Waals surface area contributed by atoms with E-state index in [1.807, 2.05) is 0 Å². The Morgan fingerprint density at radius 3 is 2.30 bits per heavy atom. The summed E-state index contributed by atoms with van der Waals surface area (Å²) in [5.41, 5.74) is 4.87. The van der Waals surface area contributed by atoms with Crippen molar-refractivity contribution in [1.82, 2.24) is 15.5 Å². The van der Waals surface area contributed by atoms with E-state index in [1.54, 1.807) is 0 Å². The molecule has 0 aromatic rings. The molecule has 7 heteroatoms. The van der Waals surface area contributed by atoms with Gasteiger partial charge in [-0.05, 0) is 49.9 Å². The first-order valence-electron chi connectivity index (χ1n) is 10.3. The van der Waals surface area contributed by atoms with Gasteiger partial charge in [0, 0.05) is 6.54 Å². The molecule has 0 aromatic heterocycles. The largest absolute Gasteiger partial charge is 0.348 e. The van der Waals surface area contributed by atoms with E-state index in [4.69, 9.17) is 5.73 Å². The van der Waals surface area contributed by atoms with Gasteiger partial charge in [0.15, 0.2) is 0 Å². The van der Waals surface area contributed by atoms with Crippen LogP contribution in [-0.2, 0) is 9.59 Å². The molecule has 3 aliphatic rings. The lowest BCUT2D eigenvalue weighted by Gasteiger charge is -2.40. The fourth-order valence-corrected chi connectivity index (χ4v) is 5.05. The van der Waals surface area contributed by atoms with Crippen LogP contribution in [0, 0.1) is 11.3 Å². The highest BCUT2D eigenvalue weighted by Gasteiger charge is 2.53. The molecule has 1 heterocycles. The first-order valence-corrected chi connectivity index (χ1v) is 10.3. The summed E-state index contributed by atoms with van der Waals surface area (Å²) in [6.07, 6.45) is 6.89. The number of rotatable bonds is 4. The Labute approximate surface area is 161 Å². The molecule has 2 aliphatic carbocycles. The number of amides is 4. The van der Waals surface area contributed by atoms with Crippen LogP contribution in [0.2, 0.25) is 0 Å². The van der Waals surface area contributed by atoms with Crippen molar-refractivity contribution in [2.75, 3.05) is 13.1 Å². The standard InChI is InChI=1S/C20H34N4O3/c1-18(2,3)14-6-10-20(11-7-14)16(26)24(17(27)23-20)12-15(25)22-19(13-21)8-4-5-9-19/h14H,4-13,21H2,1-3H3,(H,22,25)(H,23,27). The van der Waals surface area contributed by atoms with Crippen molar-refractivity contribution < 1.29 is 14.4 Å². The molecule has 0 atom stereocenters. The summed E-state index contributed by atoms with van der Waals surface area (Å²) in [5, 5.41) is 5.89. The fourth-order valence-electron chi connectivity index (χ4n) is 5.05. The predicted molar refractivity (Wildman–Crippen MR) is 103 cm³/mol. The van der Waals surface area contributed by atoms with E-state index in [9.17, 15) is 14.4 Å². The number of urea groups is 1. The van der Waals surface area contributed by atoms with Gasteiger partial charge in [-0.3, -0.25) is 14.5 Å². The third-order valence-corrected chi connectivity index (χ3v) is 6.97. The van der Waals surface area contributed by atoms with Crippen LogP contribution in [0.4, 0.5) is 4.79 Å². The normalized spacial score (nSPS) is 30.7. The zero-order chi connectivity index (χ0) is 19.9. The van der Waals surface area contributed by atoms with E-state index in [2.05, 4.69) is 31.4 Å². The fraction of sp³-hybridized carbons (Fsp3) is 0.850. The van der Waals surface area contributed by atoms with Crippen LogP contribution in [0.5, 0.6) is 0 Å². The second kappa shape index (κ2) is 7.08. The van der Waals surface area contributed by atoms with Crippen LogP contribution in [0.25, 0.3) is 0 Å². The van der Waals surface area contributed by atoms with Gasteiger partial charge in [-0.2, -0.15) is 0 Å². The summed E-state index contributed by atoms with van der Waals surface area (Å²) < 4.78 is 0. The number of nitrogens with one attached hydrogen (secondary N) is 2. The second-order valence-corrected chi connectivity index (χ2v) is 9.78. The SMILES string of the molecule is CC(C)(C)C1CCC2(CC1)NC(=O)N(CC(=O)NC1(CN)CCCC1)C2=O. The van der Waals surface area contributed by atoms with E-state index in [-0.39, 0.29) is 29.3 Å². The third kappa shape index (κ3) is 3.84. The van der Waals surface area contributed by atoms with Crippen LogP contribution >= 0.6 is 0 Å². The Balaban J connectivity index is 1.62. The first-order chi connectivity index (χ1) is 12.6. The van der Waals surface area contributed by atoms with E-state index in [0.29, 0.717) is 25.3 Å². The Hall–Kier alpha value is -1.63. The number of nitrogens with zero attached hydrogens (tertiary/aromatic N) is 1. The lowest BCUT2D eigenvalue weighted by atomic mass is 9.67. The van der Waals surface area contributed by atoms with E-state index >= 15 is 0 Å². The molecule has 4 N–H and O–H groups in total. The number of hydrogen-bond donors (Lipinski definition) is 3. The molecular weight excluding hydrogens is 344 g/mol. The number of carbonyl (C=O) groups is 3. The summed E-state index contributed by atoms with van der Waals surface area (Å²) in [6, 6.07) is -0.447. The minimum atomic E-state index is -0.821. The van der Waals surface area contributed by atoms with Crippen molar-refractivity contribution in [2.45, 2.75) is 83.2 Å². The predicted octanol–water partition coefficient (Wildman–Crippen LogP) is 1.90. The van der Waals surface area contributed by atoms with E-state index in [1.165, 1.54) is 0 Å². The molecule has 3 rings (SSSR count). The highest BCUT2D eigenvalue weighted by atomic mass is 16.2. The molecule has 0 radical (unpaired) electrons. The summed E-state index contributed by atoms with van der Waals surface area (Å²) in [7, 11) is 0. The second-order valence-electron chi connectivity index (χ2n) is 9.78. The van der Waals surface area contributed by atoms with Crippen molar-refractivity contribution >= 4 is 17.8 Å². The highest BCUT2D eigenvalue weighted by Crippen LogP contribution is 2.43. The minimum absolute atomic E-state index is 0.199. The van der Waals surface area contributed by atoms with E-state index < -0.39 is 11.6 Å². The van der Waals surface area contributed by atoms with Gasteiger partial charge in [0.1, 0.15) is 12.1 Å². The monoisotopic (exact) mass is 378 g/mol. The smallest absolute Gasteiger partial charge is 0.325 e. The van der Waals surface area contributed by atoms with Crippen LogP contribution in [0.1, 0.15) is 72.1 Å². The minimum Gasteiger partial charge on any atom is -0.348 e. The molecule has 0 unspecified atom stereocenters. The third-order valence-electron chi connectivity index (χ3n) is 6.97. The molecule has 0 aromatic carbocycles. The molecule has 4 amide bonds. The van der Waals surface area contributed by atoms with Crippen molar-refractivity contribution in [3.8, 4) is 0 Å². The maximum absolute atomic E-state index is 13.0. The Bertz CT molecular complexity index is 611.